The lowest BCUT2D eigenvalue weighted by molar-refractivity contribution is -0.117. The first-order valence-electron chi connectivity index (χ1n) is 8.50. The van der Waals surface area contributed by atoms with Crippen molar-refractivity contribution in [3.63, 3.8) is 0 Å². The Hall–Kier alpha value is -1.31. The molecule has 0 radical (unpaired) electrons. The van der Waals surface area contributed by atoms with Crippen molar-refractivity contribution in [3.05, 3.63) is 29.8 Å². The smallest absolute Gasteiger partial charge is 0.129 e. The zero-order chi connectivity index (χ0) is 15.5. The predicted molar refractivity (Wildman–Crippen MR) is 92.1 cm³/mol. The lowest BCUT2D eigenvalue weighted by atomic mass is 10.1. The summed E-state index contributed by atoms with van der Waals surface area (Å²) in [4.78, 5) is 13.5. The predicted octanol–water partition coefficient (Wildman–Crippen LogP) is 5.00. The number of hydrogen-bond donors (Lipinski definition) is 0. The van der Waals surface area contributed by atoms with E-state index in [1.807, 2.05) is 0 Å². The summed E-state index contributed by atoms with van der Waals surface area (Å²) in [6.45, 7) is 8.47. The van der Waals surface area contributed by atoms with Crippen LogP contribution in [0.2, 0.25) is 0 Å². The van der Waals surface area contributed by atoms with Gasteiger partial charge in [-0.3, -0.25) is 0 Å². The van der Waals surface area contributed by atoms with E-state index in [0.717, 1.165) is 25.9 Å². The van der Waals surface area contributed by atoms with Crippen LogP contribution in [0.3, 0.4) is 0 Å². The van der Waals surface area contributed by atoms with E-state index in [9.17, 15) is 4.79 Å². The standard InChI is InChI=1S/C19H31NO/c1-4-6-15-20(16-7-5-2)19-13-11-18(12-14-19)10-8-9-17(3)21/h11-14H,4-10,15-16H2,1-3H3. The van der Waals surface area contributed by atoms with Gasteiger partial charge in [-0.05, 0) is 50.3 Å². The monoisotopic (exact) mass is 289 g/mol. The second-order valence-electron chi connectivity index (χ2n) is 5.92. The summed E-state index contributed by atoms with van der Waals surface area (Å²) in [6, 6.07) is 8.93. The molecule has 0 saturated carbocycles. The maximum atomic E-state index is 11.0. The van der Waals surface area contributed by atoms with Gasteiger partial charge in [0, 0.05) is 25.2 Å². The third-order valence-electron chi connectivity index (χ3n) is 3.86. The minimum atomic E-state index is 0.289. The molecular weight excluding hydrogens is 258 g/mol. The van der Waals surface area contributed by atoms with Gasteiger partial charge in [0.15, 0.2) is 0 Å². The fourth-order valence-electron chi connectivity index (χ4n) is 2.48. The van der Waals surface area contributed by atoms with E-state index in [4.69, 9.17) is 0 Å². The average molecular weight is 289 g/mol. The first kappa shape index (κ1) is 17.7. The molecule has 0 aromatic heterocycles. The number of hydrogen-bond acceptors (Lipinski definition) is 2. The molecule has 0 saturated heterocycles. The van der Waals surface area contributed by atoms with Crippen LogP contribution in [0, 0.1) is 0 Å². The van der Waals surface area contributed by atoms with E-state index in [1.165, 1.54) is 36.9 Å². The molecule has 0 atom stereocenters. The van der Waals surface area contributed by atoms with Gasteiger partial charge >= 0.3 is 0 Å². The van der Waals surface area contributed by atoms with Crippen LogP contribution in [0.5, 0.6) is 0 Å². The average Bonchev–Trinajstić information content (AvgIpc) is 2.48. The highest BCUT2D eigenvalue weighted by Gasteiger charge is 2.05. The molecule has 118 valence electrons. The third kappa shape index (κ3) is 7.31. The molecule has 2 heteroatoms. The number of carbonyl (C=O) groups excluding carboxylic acids is 1. The highest BCUT2D eigenvalue weighted by molar-refractivity contribution is 5.75. The summed E-state index contributed by atoms with van der Waals surface area (Å²) in [5.41, 5.74) is 2.68. The van der Waals surface area contributed by atoms with E-state index >= 15 is 0 Å². The highest BCUT2D eigenvalue weighted by Crippen LogP contribution is 2.18. The van der Waals surface area contributed by atoms with Crippen LogP contribution in [0.1, 0.15) is 64.9 Å². The summed E-state index contributed by atoms with van der Waals surface area (Å²) >= 11 is 0. The van der Waals surface area contributed by atoms with E-state index in [2.05, 4.69) is 43.0 Å². The van der Waals surface area contributed by atoms with Gasteiger partial charge < -0.3 is 9.69 Å². The number of aryl methyl sites for hydroxylation is 1. The van der Waals surface area contributed by atoms with Crippen molar-refractivity contribution in [1.29, 1.82) is 0 Å². The normalized spacial score (nSPS) is 10.6. The molecule has 1 aromatic rings. The van der Waals surface area contributed by atoms with E-state index < -0.39 is 0 Å². The molecule has 0 aliphatic rings. The van der Waals surface area contributed by atoms with Crippen molar-refractivity contribution in [3.8, 4) is 0 Å². The highest BCUT2D eigenvalue weighted by atomic mass is 16.1. The Morgan fingerprint density at radius 2 is 1.52 bits per heavy atom. The van der Waals surface area contributed by atoms with Gasteiger partial charge in [0.1, 0.15) is 5.78 Å². The summed E-state index contributed by atoms with van der Waals surface area (Å²) in [6.07, 6.45) is 7.65. The molecule has 0 aliphatic heterocycles. The topological polar surface area (TPSA) is 20.3 Å². The molecule has 1 aromatic carbocycles. The second kappa shape index (κ2) is 10.4. The molecule has 1 rings (SSSR count). The molecular formula is C19H31NO. The van der Waals surface area contributed by atoms with Gasteiger partial charge in [-0.15, -0.1) is 0 Å². The molecule has 0 bridgehead atoms. The molecule has 2 nitrogen and oxygen atoms in total. The van der Waals surface area contributed by atoms with Crippen molar-refractivity contribution < 1.29 is 4.79 Å². The Labute approximate surface area is 130 Å². The van der Waals surface area contributed by atoms with Crippen LogP contribution in [-0.2, 0) is 11.2 Å². The van der Waals surface area contributed by atoms with E-state index in [0.29, 0.717) is 6.42 Å². The summed E-state index contributed by atoms with van der Waals surface area (Å²) in [5, 5.41) is 0. The van der Waals surface area contributed by atoms with Crippen molar-refractivity contribution in [2.75, 3.05) is 18.0 Å². The number of unbranched alkanes of at least 4 members (excludes halogenated alkanes) is 2. The van der Waals surface area contributed by atoms with Crippen LogP contribution in [0.25, 0.3) is 0 Å². The Morgan fingerprint density at radius 1 is 0.952 bits per heavy atom. The van der Waals surface area contributed by atoms with Gasteiger partial charge in [-0.1, -0.05) is 38.8 Å². The van der Waals surface area contributed by atoms with E-state index in [-0.39, 0.29) is 5.78 Å². The lowest BCUT2D eigenvalue weighted by Gasteiger charge is -2.25. The van der Waals surface area contributed by atoms with Gasteiger partial charge in [-0.2, -0.15) is 0 Å². The molecule has 0 aliphatic carbocycles. The molecule has 0 N–H and O–H groups in total. The second-order valence-corrected chi connectivity index (χ2v) is 5.92. The van der Waals surface area contributed by atoms with Crippen LogP contribution in [0.4, 0.5) is 5.69 Å². The quantitative estimate of drug-likeness (QED) is 0.571. The first-order chi connectivity index (χ1) is 10.2. The van der Waals surface area contributed by atoms with E-state index in [1.54, 1.807) is 6.92 Å². The number of ketones is 1. The van der Waals surface area contributed by atoms with Gasteiger partial charge in [-0.25, -0.2) is 0 Å². The first-order valence-corrected chi connectivity index (χ1v) is 8.50. The van der Waals surface area contributed by atoms with Crippen molar-refractivity contribution in [2.24, 2.45) is 0 Å². The SMILES string of the molecule is CCCCN(CCCC)c1ccc(CCCC(C)=O)cc1. The fraction of sp³-hybridized carbons (Fsp3) is 0.632. The molecule has 0 unspecified atom stereocenters. The van der Waals surface area contributed by atoms with Crippen LogP contribution < -0.4 is 4.90 Å². The lowest BCUT2D eigenvalue weighted by Crippen LogP contribution is -2.25. The minimum absolute atomic E-state index is 0.289. The van der Waals surface area contributed by atoms with Crippen LogP contribution >= 0.6 is 0 Å². The number of anilines is 1. The number of nitrogens with zero attached hydrogens (tertiary/aromatic N) is 1. The number of carbonyl (C=O) groups is 1. The minimum Gasteiger partial charge on any atom is -0.372 e. The molecule has 0 spiro atoms. The van der Waals surface area contributed by atoms with Crippen molar-refractivity contribution in [1.82, 2.24) is 0 Å². The summed E-state index contributed by atoms with van der Waals surface area (Å²) < 4.78 is 0. The van der Waals surface area contributed by atoms with Crippen LogP contribution in [-0.4, -0.2) is 18.9 Å². The fourth-order valence-corrected chi connectivity index (χ4v) is 2.48. The zero-order valence-corrected chi connectivity index (χ0v) is 14.0. The Kier molecular flexibility index (Phi) is 8.80. The molecule has 0 heterocycles. The Bertz CT molecular complexity index is 389. The molecule has 0 amide bonds. The summed E-state index contributed by atoms with van der Waals surface area (Å²) in [7, 11) is 0. The third-order valence-corrected chi connectivity index (χ3v) is 3.86. The number of Topliss-reactive ketones (excluding diaryl/α,β-unsaturated/α-hetero) is 1. The number of rotatable bonds is 11. The van der Waals surface area contributed by atoms with Gasteiger partial charge in [0.05, 0.1) is 0 Å². The van der Waals surface area contributed by atoms with Gasteiger partial charge in [0.2, 0.25) is 0 Å². The van der Waals surface area contributed by atoms with Gasteiger partial charge in [0.25, 0.3) is 0 Å². The zero-order valence-electron chi connectivity index (χ0n) is 14.0. The summed E-state index contributed by atoms with van der Waals surface area (Å²) in [5.74, 6) is 0.289. The Balaban J connectivity index is 2.56. The number of benzene rings is 1. The van der Waals surface area contributed by atoms with Crippen LogP contribution in [0.15, 0.2) is 24.3 Å². The van der Waals surface area contributed by atoms with Crippen molar-refractivity contribution >= 4 is 11.5 Å². The van der Waals surface area contributed by atoms with Crippen molar-refractivity contribution in [2.45, 2.75) is 65.7 Å². The maximum Gasteiger partial charge on any atom is 0.129 e. The largest absolute Gasteiger partial charge is 0.372 e. The molecule has 21 heavy (non-hydrogen) atoms. The molecule has 0 fully saturated rings. The maximum absolute atomic E-state index is 11.0. The Morgan fingerprint density at radius 3 is 2.00 bits per heavy atom.